The van der Waals surface area contributed by atoms with E-state index in [1.165, 1.54) is 0 Å². The van der Waals surface area contributed by atoms with E-state index >= 15 is 0 Å². The Labute approximate surface area is 266 Å². The van der Waals surface area contributed by atoms with Crippen molar-refractivity contribution in [3.63, 3.8) is 0 Å². The van der Waals surface area contributed by atoms with Crippen molar-refractivity contribution in [3.8, 4) is 11.5 Å². The van der Waals surface area contributed by atoms with Crippen LogP contribution in [0.5, 0.6) is 11.5 Å². The summed E-state index contributed by atoms with van der Waals surface area (Å²) in [5.74, 6) is 1.38. The summed E-state index contributed by atoms with van der Waals surface area (Å²) in [4.78, 5) is 0. The van der Waals surface area contributed by atoms with E-state index in [-0.39, 0.29) is 22.9 Å². The third-order valence-electron chi connectivity index (χ3n) is 8.19. The van der Waals surface area contributed by atoms with Crippen LogP contribution in [0.2, 0.25) is 0 Å². The van der Waals surface area contributed by atoms with Gasteiger partial charge in [0.05, 0.1) is 52.0 Å². The van der Waals surface area contributed by atoms with Crippen LogP contribution in [0.1, 0.15) is 25.7 Å². The average Bonchev–Trinajstić information content (AvgIpc) is 3.59. The molecule has 46 heavy (non-hydrogen) atoms. The van der Waals surface area contributed by atoms with Crippen molar-refractivity contribution in [2.45, 2.75) is 38.8 Å². The second-order valence-corrected chi connectivity index (χ2v) is 11.4. The van der Waals surface area contributed by atoms with E-state index < -0.39 is 0 Å². The lowest BCUT2D eigenvalue weighted by atomic mass is 10.1. The smallest absolute Gasteiger partial charge is 0.421 e. The average molecular weight is 619 g/mol. The second kappa shape index (κ2) is 13.1. The first-order valence-corrected chi connectivity index (χ1v) is 15.2. The summed E-state index contributed by atoms with van der Waals surface area (Å²) >= 11 is 0. The molecule has 0 saturated heterocycles. The summed E-state index contributed by atoms with van der Waals surface area (Å²) in [6, 6.07) is 18.6. The van der Waals surface area contributed by atoms with Crippen LogP contribution in [0.3, 0.4) is 0 Å². The number of hydrogen-bond donors (Lipinski definition) is 4. The van der Waals surface area contributed by atoms with Crippen LogP contribution in [0.4, 0.5) is 34.6 Å². The molecule has 0 atom stereocenters. The van der Waals surface area contributed by atoms with Gasteiger partial charge in [-0.3, -0.25) is 0 Å². The number of benzene rings is 4. The number of nitrogens with two attached hydrogens (primary N) is 2. The topological polar surface area (TPSA) is 160 Å². The highest BCUT2D eigenvalue weighted by Crippen LogP contribution is 2.40. The van der Waals surface area contributed by atoms with Gasteiger partial charge in [0.25, 0.3) is 0 Å². The zero-order chi connectivity index (χ0) is 32.2. The molecular weight excluding hydrogens is 580 g/mol. The van der Waals surface area contributed by atoms with Crippen LogP contribution in [-0.2, 0) is 27.2 Å². The Kier molecular flexibility index (Phi) is 8.59. The number of rotatable bonds is 11. The summed E-state index contributed by atoms with van der Waals surface area (Å²) < 4.78 is 7.98. The van der Waals surface area contributed by atoms with E-state index in [0.717, 1.165) is 60.3 Å². The van der Waals surface area contributed by atoms with Crippen molar-refractivity contribution in [2.24, 2.45) is 34.6 Å². The first kappa shape index (κ1) is 30.3. The van der Waals surface area contributed by atoms with Crippen molar-refractivity contribution in [3.05, 3.63) is 85.5 Å². The molecule has 0 unspecified atom stereocenters. The Morgan fingerprint density at radius 3 is 1.46 bits per heavy atom. The van der Waals surface area contributed by atoms with Gasteiger partial charge in [0.2, 0.25) is 0 Å². The van der Waals surface area contributed by atoms with Gasteiger partial charge in [-0.25, -0.2) is 18.3 Å². The van der Waals surface area contributed by atoms with E-state index in [1.54, 1.807) is 12.1 Å². The molecule has 0 aliphatic carbocycles. The summed E-state index contributed by atoms with van der Waals surface area (Å²) in [7, 11) is 3.86. The number of aryl methyl sites for hydroxylation is 4. The molecule has 0 spiro atoms. The van der Waals surface area contributed by atoms with Gasteiger partial charge >= 0.3 is 11.9 Å². The molecular formula is C34H38N10O2+2. The highest BCUT2D eigenvalue weighted by Gasteiger charge is 2.18. The van der Waals surface area contributed by atoms with Crippen LogP contribution in [0.15, 0.2) is 106 Å². The summed E-state index contributed by atoms with van der Waals surface area (Å²) in [5, 5.41) is 42.0. The number of anilines is 2. The number of imidazole rings is 2. The van der Waals surface area contributed by atoms with Crippen molar-refractivity contribution in [1.82, 2.24) is 9.13 Å². The highest BCUT2D eigenvalue weighted by molar-refractivity contribution is 6.01. The number of nitrogen functional groups attached to an aromatic ring is 2. The minimum Gasteiger partial charge on any atom is -0.506 e. The molecule has 0 fully saturated rings. The Balaban J connectivity index is 1.06. The number of unbranched alkanes of at least 4 members (excludes halogenated alkanes) is 3. The fourth-order valence-corrected chi connectivity index (χ4v) is 5.62. The monoisotopic (exact) mass is 618 g/mol. The zero-order valence-electron chi connectivity index (χ0n) is 26.0. The number of phenols is 2. The fraction of sp³-hybridized carbons (Fsp3) is 0.235. The van der Waals surface area contributed by atoms with Crippen LogP contribution in [0, 0.1) is 0 Å². The van der Waals surface area contributed by atoms with Gasteiger partial charge in [0.15, 0.2) is 0 Å². The number of aromatic hydroxyl groups is 2. The van der Waals surface area contributed by atoms with Gasteiger partial charge in [0, 0.05) is 21.0 Å². The quantitative estimate of drug-likeness (QED) is 0.0408. The van der Waals surface area contributed by atoms with E-state index in [2.05, 4.69) is 29.6 Å². The predicted octanol–water partition coefficient (Wildman–Crippen LogP) is 6.91. The van der Waals surface area contributed by atoms with Crippen molar-refractivity contribution in [2.75, 3.05) is 11.5 Å². The molecule has 0 aliphatic rings. The van der Waals surface area contributed by atoms with Crippen molar-refractivity contribution >= 4 is 56.2 Å². The summed E-state index contributed by atoms with van der Waals surface area (Å²) in [6.07, 6.45) is 11.9. The maximum absolute atomic E-state index is 10.3. The lowest BCUT2D eigenvalue weighted by Gasteiger charge is -2.06. The highest BCUT2D eigenvalue weighted by atomic mass is 16.3. The van der Waals surface area contributed by atoms with Gasteiger partial charge in [0.1, 0.15) is 34.2 Å². The van der Waals surface area contributed by atoms with Crippen LogP contribution in [0.25, 0.3) is 21.5 Å². The predicted molar refractivity (Wildman–Crippen MR) is 178 cm³/mol. The number of phenolic OH excluding ortho intramolecular Hbond substituents is 2. The molecule has 0 aliphatic heterocycles. The third-order valence-corrected chi connectivity index (χ3v) is 8.19. The number of azo groups is 2. The molecule has 6 N–H and O–H groups in total. The molecule has 12 heteroatoms. The number of aromatic nitrogens is 4. The molecule has 12 nitrogen and oxygen atoms in total. The van der Waals surface area contributed by atoms with Crippen molar-refractivity contribution < 1.29 is 19.3 Å². The largest absolute Gasteiger partial charge is 0.506 e. The molecule has 4 aromatic carbocycles. The van der Waals surface area contributed by atoms with Crippen molar-refractivity contribution in [1.29, 1.82) is 0 Å². The van der Waals surface area contributed by atoms with Gasteiger partial charge < -0.3 is 21.7 Å². The zero-order valence-corrected chi connectivity index (χ0v) is 26.0. The number of nitrogens with zero attached hydrogens (tertiary/aromatic N) is 8. The normalized spacial score (nSPS) is 12.0. The van der Waals surface area contributed by atoms with E-state index in [9.17, 15) is 10.2 Å². The summed E-state index contributed by atoms with van der Waals surface area (Å²) in [6.45, 7) is 1.59. The standard InChI is InChI=1S/C34H36N10O2/c1-41-17-19-43(33(41)39-37-31-25-13-7-5-11-23(25)21-27(45)29(31)35)15-9-3-4-10-16-44-20-18-42(2)34(44)40-38-32-26-14-8-6-12-24(26)22-28(46)30(32)36/h5-8,11-14,17-22,35-36H,3-4,9-10,15-16H2,1-2H3,(H2,37,38,45,46)/p+2. The van der Waals surface area contributed by atoms with Crippen LogP contribution >= 0.6 is 0 Å². The Bertz CT molecular complexity index is 1940. The minimum atomic E-state index is -0.00828. The van der Waals surface area contributed by atoms with Gasteiger partial charge in [-0.15, -0.1) is 0 Å². The Morgan fingerprint density at radius 2 is 1.02 bits per heavy atom. The SMILES string of the molecule is C[n+]1ccn(CCCCCCn2cc[n+](C)c2N=Nc2c(N)c(O)cc3ccccc23)c1N=Nc1c(N)c(O)cc2ccccc12. The van der Waals surface area contributed by atoms with E-state index in [0.29, 0.717) is 23.3 Å². The third kappa shape index (κ3) is 6.09. The molecule has 0 amide bonds. The lowest BCUT2D eigenvalue weighted by molar-refractivity contribution is -0.657. The summed E-state index contributed by atoms with van der Waals surface area (Å²) in [5.41, 5.74) is 13.7. The molecule has 234 valence electrons. The minimum absolute atomic E-state index is 0.00828. The number of fused-ring (bicyclic) bond motifs is 2. The lowest BCUT2D eigenvalue weighted by Crippen LogP contribution is -2.25. The second-order valence-electron chi connectivity index (χ2n) is 11.4. The van der Waals surface area contributed by atoms with Crippen LogP contribution in [-0.4, -0.2) is 19.3 Å². The van der Waals surface area contributed by atoms with Gasteiger partial charge in [-0.2, -0.15) is 0 Å². The van der Waals surface area contributed by atoms with Gasteiger partial charge in [-0.05, 0) is 35.7 Å². The molecule has 6 aromatic rings. The molecule has 2 aromatic heterocycles. The fourth-order valence-electron chi connectivity index (χ4n) is 5.62. The molecule has 2 heterocycles. The van der Waals surface area contributed by atoms with E-state index in [1.807, 2.05) is 96.5 Å². The first-order chi connectivity index (χ1) is 22.3. The maximum Gasteiger partial charge on any atom is 0.421 e. The first-order valence-electron chi connectivity index (χ1n) is 15.2. The number of hydrogen-bond acceptors (Lipinski definition) is 8. The molecule has 0 saturated carbocycles. The Morgan fingerprint density at radius 1 is 0.609 bits per heavy atom. The van der Waals surface area contributed by atoms with Gasteiger partial charge in [-0.1, -0.05) is 71.6 Å². The molecule has 6 rings (SSSR count). The Hall–Kier alpha value is -5.78. The molecule has 0 radical (unpaired) electrons. The van der Waals surface area contributed by atoms with Crippen LogP contribution < -0.4 is 20.6 Å². The maximum atomic E-state index is 10.3. The van der Waals surface area contributed by atoms with E-state index in [4.69, 9.17) is 11.5 Å². The molecule has 0 bridgehead atoms.